The predicted molar refractivity (Wildman–Crippen MR) is 91.6 cm³/mol. The highest BCUT2D eigenvalue weighted by Gasteiger charge is 2.54. The van der Waals surface area contributed by atoms with Gasteiger partial charge in [-0.2, -0.15) is 0 Å². The summed E-state index contributed by atoms with van der Waals surface area (Å²) in [4.78, 5) is 24.7. The topological polar surface area (TPSA) is 68.5 Å². The highest BCUT2D eigenvalue weighted by Crippen LogP contribution is 2.44. The Labute approximate surface area is 146 Å². The van der Waals surface area contributed by atoms with Crippen molar-refractivity contribution in [2.24, 2.45) is 11.8 Å². The van der Waals surface area contributed by atoms with E-state index in [9.17, 15) is 9.59 Å². The zero-order chi connectivity index (χ0) is 17.4. The van der Waals surface area contributed by atoms with Gasteiger partial charge in [-0.15, -0.1) is 0 Å². The van der Waals surface area contributed by atoms with Gasteiger partial charge in [-0.3, -0.25) is 9.59 Å². The summed E-state index contributed by atoms with van der Waals surface area (Å²) in [5.41, 5.74) is 1.50. The van der Waals surface area contributed by atoms with E-state index in [0.717, 1.165) is 18.8 Å². The zero-order valence-corrected chi connectivity index (χ0v) is 14.2. The van der Waals surface area contributed by atoms with Gasteiger partial charge in [-0.25, -0.2) is 0 Å². The molecule has 1 saturated heterocycles. The van der Waals surface area contributed by atoms with E-state index in [0.29, 0.717) is 36.0 Å². The van der Waals surface area contributed by atoms with Crippen LogP contribution in [0.3, 0.4) is 0 Å². The summed E-state index contributed by atoms with van der Waals surface area (Å²) in [5.74, 6) is 1.42. The molecular formula is C20H21NO4. The summed E-state index contributed by atoms with van der Waals surface area (Å²) in [7, 11) is 0. The second-order valence-corrected chi connectivity index (χ2v) is 6.75. The average Bonchev–Trinajstić information content (AvgIpc) is 3.00. The van der Waals surface area contributed by atoms with Gasteiger partial charge in [0.1, 0.15) is 5.76 Å². The molecule has 1 aliphatic heterocycles. The van der Waals surface area contributed by atoms with Crippen LogP contribution >= 0.6 is 0 Å². The maximum atomic E-state index is 12.7. The first-order valence-corrected chi connectivity index (χ1v) is 8.75. The first kappa shape index (κ1) is 16.1. The number of carbonyl (C=O) groups excluding carboxylic acids is 2. The Morgan fingerprint density at radius 2 is 1.88 bits per heavy atom. The van der Waals surface area contributed by atoms with E-state index in [-0.39, 0.29) is 23.5 Å². The summed E-state index contributed by atoms with van der Waals surface area (Å²) in [6, 6.07) is 11.6. The SMILES string of the molecule is CCC(=O)c1cc(C(=O)NC2[C@H]3COC[C@@H]23)c(Cc2ccccc2)o1. The Morgan fingerprint density at radius 1 is 1.16 bits per heavy atom. The Bertz CT molecular complexity index is 785. The molecule has 1 aromatic carbocycles. The summed E-state index contributed by atoms with van der Waals surface area (Å²) in [6.45, 7) is 3.22. The van der Waals surface area contributed by atoms with Gasteiger partial charge in [-0.05, 0) is 5.56 Å². The number of rotatable bonds is 6. The molecule has 2 heterocycles. The minimum Gasteiger partial charge on any atom is -0.457 e. The number of furan rings is 1. The molecule has 25 heavy (non-hydrogen) atoms. The molecule has 5 nitrogen and oxygen atoms in total. The molecule has 2 aromatic rings. The predicted octanol–water partition coefficient (Wildman–Crippen LogP) is 2.84. The Kier molecular flexibility index (Phi) is 4.17. The number of ketones is 1. The van der Waals surface area contributed by atoms with Crippen LogP contribution in [0.5, 0.6) is 0 Å². The third kappa shape index (κ3) is 3.12. The third-order valence-corrected chi connectivity index (χ3v) is 5.11. The second kappa shape index (κ2) is 6.48. The second-order valence-electron chi connectivity index (χ2n) is 6.75. The van der Waals surface area contributed by atoms with Crippen molar-refractivity contribution in [3.63, 3.8) is 0 Å². The molecule has 1 unspecified atom stereocenters. The van der Waals surface area contributed by atoms with E-state index in [2.05, 4.69) is 5.32 Å². The van der Waals surface area contributed by atoms with Crippen LogP contribution in [0, 0.1) is 11.8 Å². The number of hydrogen-bond donors (Lipinski definition) is 1. The van der Waals surface area contributed by atoms with Crippen molar-refractivity contribution in [1.82, 2.24) is 5.32 Å². The standard InChI is InChI=1S/C20H21NO4/c1-2-16(22)18-9-13(17(25-18)8-12-6-4-3-5-7-12)20(23)21-19-14-10-24-11-15(14)19/h3-7,9,14-15,19H,2,8,10-11H2,1H3,(H,21,23)/t14-,15+,19?. The van der Waals surface area contributed by atoms with Gasteiger partial charge in [0.25, 0.3) is 5.91 Å². The number of benzene rings is 1. The fourth-order valence-corrected chi connectivity index (χ4v) is 3.53. The molecule has 1 aromatic heterocycles. The normalized spacial score (nSPS) is 24.0. The first-order chi connectivity index (χ1) is 12.2. The lowest BCUT2D eigenvalue weighted by Gasteiger charge is -2.07. The summed E-state index contributed by atoms with van der Waals surface area (Å²) in [6.07, 6.45) is 0.838. The van der Waals surface area contributed by atoms with Gasteiger partial charge in [-0.1, -0.05) is 37.3 Å². The average molecular weight is 339 g/mol. The molecule has 0 bridgehead atoms. The first-order valence-electron chi connectivity index (χ1n) is 8.75. The lowest BCUT2D eigenvalue weighted by Crippen LogP contribution is -2.30. The van der Waals surface area contributed by atoms with Gasteiger partial charge in [0.15, 0.2) is 11.5 Å². The number of Topliss-reactive ketones (excluding diaryl/α,β-unsaturated/α-hetero) is 1. The van der Waals surface area contributed by atoms with E-state index in [1.807, 2.05) is 30.3 Å². The lowest BCUT2D eigenvalue weighted by atomic mass is 10.1. The molecule has 5 heteroatoms. The van der Waals surface area contributed by atoms with Crippen molar-refractivity contribution in [2.45, 2.75) is 25.8 Å². The number of fused-ring (bicyclic) bond motifs is 1. The van der Waals surface area contributed by atoms with E-state index in [1.54, 1.807) is 13.0 Å². The minimum atomic E-state index is -0.163. The Balaban J connectivity index is 1.57. The lowest BCUT2D eigenvalue weighted by molar-refractivity contribution is 0.0924. The Morgan fingerprint density at radius 3 is 2.56 bits per heavy atom. The minimum absolute atomic E-state index is 0.0925. The van der Waals surface area contributed by atoms with Gasteiger partial charge < -0.3 is 14.5 Å². The molecule has 1 N–H and O–H groups in total. The summed E-state index contributed by atoms with van der Waals surface area (Å²) < 4.78 is 11.1. The van der Waals surface area contributed by atoms with Crippen LogP contribution in [0.4, 0.5) is 0 Å². The molecule has 1 aliphatic carbocycles. The summed E-state index contributed by atoms with van der Waals surface area (Å²) in [5, 5.41) is 3.08. The van der Waals surface area contributed by atoms with Gasteiger partial charge in [0.05, 0.1) is 18.8 Å². The molecular weight excluding hydrogens is 318 g/mol. The highest BCUT2D eigenvalue weighted by atomic mass is 16.5. The molecule has 4 rings (SSSR count). The molecule has 0 spiro atoms. The van der Waals surface area contributed by atoms with E-state index in [1.165, 1.54) is 0 Å². The van der Waals surface area contributed by atoms with Crippen molar-refractivity contribution >= 4 is 11.7 Å². The van der Waals surface area contributed by atoms with Gasteiger partial charge in [0, 0.05) is 36.8 Å². The van der Waals surface area contributed by atoms with Crippen molar-refractivity contribution in [3.05, 3.63) is 59.0 Å². The van der Waals surface area contributed by atoms with E-state index < -0.39 is 0 Å². The quantitative estimate of drug-likeness (QED) is 0.822. The Hall–Kier alpha value is -2.40. The number of hydrogen-bond acceptors (Lipinski definition) is 4. The number of amides is 1. The zero-order valence-electron chi connectivity index (χ0n) is 14.2. The maximum absolute atomic E-state index is 12.7. The molecule has 1 amide bonds. The monoisotopic (exact) mass is 339 g/mol. The largest absolute Gasteiger partial charge is 0.457 e. The number of carbonyl (C=O) groups is 2. The number of ether oxygens (including phenoxy) is 1. The fraction of sp³-hybridized carbons (Fsp3) is 0.400. The summed E-state index contributed by atoms with van der Waals surface area (Å²) >= 11 is 0. The molecule has 3 atom stereocenters. The van der Waals surface area contributed by atoms with E-state index in [4.69, 9.17) is 9.15 Å². The van der Waals surface area contributed by atoms with Crippen LogP contribution in [-0.4, -0.2) is 30.9 Å². The van der Waals surface area contributed by atoms with Gasteiger partial charge >= 0.3 is 0 Å². The number of nitrogens with one attached hydrogen (secondary N) is 1. The molecule has 0 radical (unpaired) electrons. The fourth-order valence-electron chi connectivity index (χ4n) is 3.53. The van der Waals surface area contributed by atoms with Crippen molar-refractivity contribution in [1.29, 1.82) is 0 Å². The molecule has 1 saturated carbocycles. The molecule has 130 valence electrons. The van der Waals surface area contributed by atoms with Crippen molar-refractivity contribution in [3.8, 4) is 0 Å². The molecule has 2 aliphatic rings. The van der Waals surface area contributed by atoms with Crippen LogP contribution in [0.1, 0.15) is 45.6 Å². The molecule has 2 fully saturated rings. The van der Waals surface area contributed by atoms with Crippen LogP contribution in [-0.2, 0) is 11.2 Å². The highest BCUT2D eigenvalue weighted by molar-refractivity contribution is 6.00. The van der Waals surface area contributed by atoms with E-state index >= 15 is 0 Å². The third-order valence-electron chi connectivity index (χ3n) is 5.11. The van der Waals surface area contributed by atoms with Crippen LogP contribution in [0.2, 0.25) is 0 Å². The van der Waals surface area contributed by atoms with Crippen LogP contribution in [0.25, 0.3) is 0 Å². The van der Waals surface area contributed by atoms with Crippen molar-refractivity contribution < 1.29 is 18.7 Å². The van der Waals surface area contributed by atoms with Crippen LogP contribution in [0.15, 0.2) is 40.8 Å². The smallest absolute Gasteiger partial charge is 0.255 e. The maximum Gasteiger partial charge on any atom is 0.255 e. The van der Waals surface area contributed by atoms with Crippen LogP contribution < -0.4 is 5.32 Å². The van der Waals surface area contributed by atoms with Crippen molar-refractivity contribution in [2.75, 3.05) is 13.2 Å². The van der Waals surface area contributed by atoms with Gasteiger partial charge in [0.2, 0.25) is 0 Å².